The molecule has 0 saturated carbocycles. The van der Waals surface area contributed by atoms with Gasteiger partial charge >= 0.3 is 0 Å². The monoisotopic (exact) mass is 355 g/mol. The van der Waals surface area contributed by atoms with Crippen molar-refractivity contribution in [3.8, 4) is 5.75 Å². The second kappa shape index (κ2) is 7.50. The molecule has 3 heteroatoms. The molecule has 27 heavy (non-hydrogen) atoms. The van der Waals surface area contributed by atoms with Crippen molar-refractivity contribution in [2.45, 2.75) is 20.1 Å². The van der Waals surface area contributed by atoms with Crippen LogP contribution in [0.15, 0.2) is 79.0 Å². The largest absolute Gasteiger partial charge is 0.489 e. The van der Waals surface area contributed by atoms with Crippen LogP contribution < -0.4 is 4.74 Å². The molecule has 0 saturated heterocycles. The maximum atomic E-state index is 11.4. The van der Waals surface area contributed by atoms with E-state index >= 15 is 0 Å². The summed E-state index contributed by atoms with van der Waals surface area (Å²) in [6.45, 7) is 3.32. The van der Waals surface area contributed by atoms with Gasteiger partial charge in [0.25, 0.3) is 0 Å². The smallest absolute Gasteiger partial charge is 0.152 e. The third kappa shape index (κ3) is 3.77. The van der Waals surface area contributed by atoms with Crippen molar-refractivity contribution in [1.82, 2.24) is 4.57 Å². The molecule has 0 aliphatic heterocycles. The third-order valence-corrected chi connectivity index (χ3v) is 4.72. The number of rotatable bonds is 6. The second-order valence-corrected chi connectivity index (χ2v) is 6.77. The predicted molar refractivity (Wildman–Crippen MR) is 108 cm³/mol. The molecule has 0 radical (unpaired) electrons. The standard InChI is InChI=1S/C24H21NO2/c1-18-7-12-24-23(13-18)21(16-26)15-25(24)14-19-8-10-22(11-9-19)27-17-20-5-3-2-4-6-20/h2-13,15-16H,14,17H2,1H3. The Hall–Kier alpha value is -3.33. The van der Waals surface area contributed by atoms with E-state index in [1.807, 2.05) is 43.5 Å². The normalized spacial score (nSPS) is 10.9. The minimum atomic E-state index is 0.560. The number of carbonyl (C=O) groups excluding carboxylic acids is 1. The summed E-state index contributed by atoms with van der Waals surface area (Å²) in [6.07, 6.45) is 2.86. The number of aryl methyl sites for hydroxylation is 1. The Labute approximate surface area is 158 Å². The lowest BCUT2D eigenvalue weighted by Gasteiger charge is -2.09. The SMILES string of the molecule is Cc1ccc2c(c1)c(C=O)cn2Cc1ccc(OCc2ccccc2)cc1. The van der Waals surface area contributed by atoms with Crippen molar-refractivity contribution >= 4 is 17.2 Å². The van der Waals surface area contributed by atoms with Crippen LogP contribution >= 0.6 is 0 Å². The molecule has 0 aliphatic rings. The lowest BCUT2D eigenvalue weighted by Crippen LogP contribution is -1.99. The molecule has 1 aromatic heterocycles. The molecule has 3 aromatic carbocycles. The zero-order valence-corrected chi connectivity index (χ0v) is 15.3. The molecule has 0 amide bonds. The van der Waals surface area contributed by atoms with Gasteiger partial charge in [0.15, 0.2) is 6.29 Å². The van der Waals surface area contributed by atoms with E-state index in [0.29, 0.717) is 13.2 Å². The van der Waals surface area contributed by atoms with Gasteiger partial charge < -0.3 is 9.30 Å². The number of nitrogens with zero attached hydrogens (tertiary/aromatic N) is 1. The first-order valence-electron chi connectivity index (χ1n) is 9.03. The van der Waals surface area contributed by atoms with E-state index < -0.39 is 0 Å². The van der Waals surface area contributed by atoms with E-state index in [2.05, 4.69) is 47.0 Å². The summed E-state index contributed by atoms with van der Waals surface area (Å²) < 4.78 is 7.97. The van der Waals surface area contributed by atoms with Crippen LogP contribution in [-0.2, 0) is 13.2 Å². The Morgan fingerprint density at radius 3 is 2.44 bits per heavy atom. The number of hydrogen-bond acceptors (Lipinski definition) is 2. The van der Waals surface area contributed by atoms with Gasteiger partial charge in [-0.05, 0) is 42.3 Å². The summed E-state index contributed by atoms with van der Waals surface area (Å²) in [5, 5.41) is 1.01. The summed E-state index contributed by atoms with van der Waals surface area (Å²) in [6, 6.07) is 24.5. The van der Waals surface area contributed by atoms with Gasteiger partial charge in [-0.15, -0.1) is 0 Å². The van der Waals surface area contributed by atoms with Crippen LogP contribution in [0.25, 0.3) is 10.9 Å². The van der Waals surface area contributed by atoms with Crippen molar-refractivity contribution in [1.29, 1.82) is 0 Å². The maximum Gasteiger partial charge on any atom is 0.152 e. The highest BCUT2D eigenvalue weighted by atomic mass is 16.5. The zero-order chi connectivity index (χ0) is 18.6. The molecule has 0 spiro atoms. The van der Waals surface area contributed by atoms with Crippen molar-refractivity contribution in [3.63, 3.8) is 0 Å². The molecule has 0 fully saturated rings. The van der Waals surface area contributed by atoms with Crippen molar-refractivity contribution < 1.29 is 9.53 Å². The number of benzene rings is 3. The summed E-state index contributed by atoms with van der Waals surface area (Å²) in [5.41, 5.74) is 5.28. The van der Waals surface area contributed by atoms with Gasteiger partial charge in [0.1, 0.15) is 12.4 Å². The molecular weight excluding hydrogens is 334 g/mol. The lowest BCUT2D eigenvalue weighted by atomic mass is 10.1. The highest BCUT2D eigenvalue weighted by Crippen LogP contribution is 2.23. The maximum absolute atomic E-state index is 11.4. The molecule has 4 aromatic rings. The Bertz CT molecular complexity index is 1060. The molecule has 0 aliphatic carbocycles. The second-order valence-electron chi connectivity index (χ2n) is 6.77. The summed E-state index contributed by atoms with van der Waals surface area (Å²) in [4.78, 5) is 11.4. The van der Waals surface area contributed by atoms with E-state index in [9.17, 15) is 4.79 Å². The van der Waals surface area contributed by atoms with Gasteiger partial charge in [0.05, 0.1) is 0 Å². The summed E-state index contributed by atoms with van der Waals surface area (Å²) >= 11 is 0. The van der Waals surface area contributed by atoms with Crippen LogP contribution in [0.1, 0.15) is 27.0 Å². The topological polar surface area (TPSA) is 31.2 Å². The third-order valence-electron chi connectivity index (χ3n) is 4.72. The average molecular weight is 355 g/mol. The first-order valence-corrected chi connectivity index (χ1v) is 9.03. The molecule has 0 N–H and O–H groups in total. The Morgan fingerprint density at radius 1 is 0.926 bits per heavy atom. The summed E-state index contributed by atoms with van der Waals surface area (Å²) in [5.74, 6) is 0.851. The van der Waals surface area contributed by atoms with E-state index in [0.717, 1.165) is 45.2 Å². The summed E-state index contributed by atoms with van der Waals surface area (Å²) in [7, 11) is 0. The first-order chi connectivity index (χ1) is 13.2. The van der Waals surface area contributed by atoms with Crippen LogP contribution in [-0.4, -0.2) is 10.9 Å². The van der Waals surface area contributed by atoms with Crippen LogP contribution in [0.3, 0.4) is 0 Å². The molecule has 0 unspecified atom stereocenters. The molecule has 3 nitrogen and oxygen atoms in total. The molecular formula is C24H21NO2. The highest BCUT2D eigenvalue weighted by molar-refractivity contribution is 5.98. The van der Waals surface area contributed by atoms with Crippen molar-refractivity contribution in [2.24, 2.45) is 0 Å². The van der Waals surface area contributed by atoms with Gasteiger partial charge in [0.2, 0.25) is 0 Å². The van der Waals surface area contributed by atoms with Gasteiger partial charge in [-0.3, -0.25) is 4.79 Å². The minimum Gasteiger partial charge on any atom is -0.489 e. The molecule has 0 atom stereocenters. The minimum absolute atomic E-state index is 0.560. The fourth-order valence-electron chi connectivity index (χ4n) is 3.29. The fourth-order valence-corrected chi connectivity index (χ4v) is 3.29. The lowest BCUT2D eigenvalue weighted by molar-refractivity contribution is 0.112. The van der Waals surface area contributed by atoms with E-state index in [-0.39, 0.29) is 0 Å². The van der Waals surface area contributed by atoms with Gasteiger partial charge in [-0.25, -0.2) is 0 Å². The Morgan fingerprint density at radius 2 is 1.70 bits per heavy atom. The van der Waals surface area contributed by atoms with Gasteiger partial charge in [0, 0.05) is 29.2 Å². The Kier molecular flexibility index (Phi) is 4.75. The molecule has 1 heterocycles. The molecule has 0 bridgehead atoms. The number of ether oxygens (including phenoxy) is 1. The quantitative estimate of drug-likeness (QED) is 0.434. The number of aromatic nitrogens is 1. The fraction of sp³-hybridized carbons (Fsp3) is 0.125. The van der Waals surface area contributed by atoms with E-state index in [4.69, 9.17) is 4.74 Å². The molecule has 4 rings (SSSR count). The number of fused-ring (bicyclic) bond motifs is 1. The number of hydrogen-bond donors (Lipinski definition) is 0. The average Bonchev–Trinajstić information content (AvgIpc) is 3.05. The van der Waals surface area contributed by atoms with Crippen molar-refractivity contribution in [3.05, 3.63) is 101 Å². The van der Waals surface area contributed by atoms with Gasteiger partial charge in [-0.2, -0.15) is 0 Å². The van der Waals surface area contributed by atoms with Crippen LogP contribution in [0.5, 0.6) is 5.75 Å². The van der Waals surface area contributed by atoms with E-state index in [1.165, 1.54) is 0 Å². The predicted octanol–water partition coefficient (Wildman–Crippen LogP) is 5.39. The van der Waals surface area contributed by atoms with Gasteiger partial charge in [-0.1, -0.05) is 54.1 Å². The molecule has 134 valence electrons. The van der Waals surface area contributed by atoms with E-state index in [1.54, 1.807) is 0 Å². The van der Waals surface area contributed by atoms with Crippen LogP contribution in [0, 0.1) is 6.92 Å². The number of aldehydes is 1. The van der Waals surface area contributed by atoms with Crippen LogP contribution in [0.2, 0.25) is 0 Å². The van der Waals surface area contributed by atoms with Crippen LogP contribution in [0.4, 0.5) is 0 Å². The highest BCUT2D eigenvalue weighted by Gasteiger charge is 2.08. The van der Waals surface area contributed by atoms with Crippen molar-refractivity contribution in [2.75, 3.05) is 0 Å². The Balaban J connectivity index is 1.50. The first kappa shape index (κ1) is 17.1. The zero-order valence-electron chi connectivity index (χ0n) is 15.3. The number of carbonyl (C=O) groups is 1.